The van der Waals surface area contributed by atoms with Crippen LogP contribution in [0, 0.1) is 11.3 Å². The minimum absolute atomic E-state index is 0.151. The highest BCUT2D eigenvalue weighted by Gasteiger charge is 2.33. The van der Waals surface area contributed by atoms with Crippen molar-refractivity contribution in [1.29, 1.82) is 5.26 Å². The van der Waals surface area contributed by atoms with Gasteiger partial charge in [-0.05, 0) is 6.07 Å². The lowest BCUT2D eigenvalue weighted by Gasteiger charge is -2.20. The van der Waals surface area contributed by atoms with Gasteiger partial charge < -0.3 is 10.6 Å². The Kier molecular flexibility index (Phi) is 3.78. The van der Waals surface area contributed by atoms with E-state index in [2.05, 4.69) is 4.98 Å². The summed E-state index contributed by atoms with van der Waals surface area (Å²) in [5.74, 6) is 0. The zero-order chi connectivity index (χ0) is 13.1. The molecule has 0 atom stereocenters. The molecule has 0 spiro atoms. The molecule has 1 heterocycles. The van der Waals surface area contributed by atoms with E-state index in [1.165, 1.54) is 4.90 Å². The SMILES string of the molecule is CN(CCC#N)c1cc(C(F)(F)F)ncc1N. The molecule has 0 bridgehead atoms. The Morgan fingerprint density at radius 3 is 2.71 bits per heavy atom. The van der Waals surface area contributed by atoms with Crippen LogP contribution in [-0.2, 0) is 6.18 Å². The average molecular weight is 244 g/mol. The van der Waals surface area contributed by atoms with Gasteiger partial charge in [-0.2, -0.15) is 18.4 Å². The molecule has 0 radical (unpaired) electrons. The number of nitriles is 1. The van der Waals surface area contributed by atoms with E-state index in [0.29, 0.717) is 6.54 Å². The number of anilines is 2. The van der Waals surface area contributed by atoms with Gasteiger partial charge in [0, 0.05) is 13.6 Å². The fraction of sp³-hybridized carbons (Fsp3) is 0.400. The first-order valence-corrected chi connectivity index (χ1v) is 4.77. The molecule has 0 saturated carbocycles. The fourth-order valence-corrected chi connectivity index (χ4v) is 1.28. The van der Waals surface area contributed by atoms with Gasteiger partial charge in [0.25, 0.3) is 0 Å². The first-order chi connectivity index (χ1) is 7.86. The quantitative estimate of drug-likeness (QED) is 0.883. The van der Waals surface area contributed by atoms with Gasteiger partial charge in [0.2, 0.25) is 0 Å². The summed E-state index contributed by atoms with van der Waals surface area (Å²) in [4.78, 5) is 4.73. The summed E-state index contributed by atoms with van der Waals surface area (Å²) in [5, 5.41) is 8.41. The Bertz CT molecular complexity index is 436. The summed E-state index contributed by atoms with van der Waals surface area (Å²) >= 11 is 0. The van der Waals surface area contributed by atoms with Gasteiger partial charge in [-0.25, -0.2) is 4.98 Å². The molecule has 0 amide bonds. The van der Waals surface area contributed by atoms with Gasteiger partial charge in [-0.15, -0.1) is 0 Å². The molecule has 4 nitrogen and oxygen atoms in total. The molecule has 0 aliphatic carbocycles. The predicted octanol–water partition coefficient (Wildman–Crippen LogP) is 2.03. The van der Waals surface area contributed by atoms with E-state index in [1.54, 1.807) is 7.05 Å². The van der Waals surface area contributed by atoms with Gasteiger partial charge in [-0.1, -0.05) is 0 Å². The van der Waals surface area contributed by atoms with Crippen molar-refractivity contribution < 1.29 is 13.2 Å². The Balaban J connectivity index is 3.03. The third-order valence-electron chi connectivity index (χ3n) is 2.17. The molecule has 0 fully saturated rings. The van der Waals surface area contributed by atoms with Gasteiger partial charge in [0.05, 0.1) is 30.1 Å². The summed E-state index contributed by atoms with van der Waals surface area (Å²) in [5.41, 5.74) is 4.93. The number of nitrogen functional groups attached to an aromatic ring is 1. The lowest BCUT2D eigenvalue weighted by Crippen LogP contribution is -2.21. The van der Waals surface area contributed by atoms with Crippen LogP contribution in [0.1, 0.15) is 12.1 Å². The van der Waals surface area contributed by atoms with Crippen molar-refractivity contribution in [3.63, 3.8) is 0 Å². The number of alkyl halides is 3. The molecule has 0 aliphatic heterocycles. The summed E-state index contributed by atoms with van der Waals surface area (Å²) < 4.78 is 37.3. The molecule has 2 N–H and O–H groups in total. The molecule has 0 aromatic carbocycles. The van der Waals surface area contributed by atoms with E-state index < -0.39 is 11.9 Å². The zero-order valence-corrected chi connectivity index (χ0v) is 9.12. The number of rotatable bonds is 3. The van der Waals surface area contributed by atoms with Crippen molar-refractivity contribution in [3.8, 4) is 6.07 Å². The Labute approximate surface area is 96.5 Å². The van der Waals surface area contributed by atoms with Crippen molar-refractivity contribution in [2.75, 3.05) is 24.2 Å². The number of pyridine rings is 1. The number of hydrogen-bond acceptors (Lipinski definition) is 4. The van der Waals surface area contributed by atoms with Gasteiger partial charge in [0.15, 0.2) is 0 Å². The topological polar surface area (TPSA) is 65.9 Å². The van der Waals surface area contributed by atoms with E-state index >= 15 is 0 Å². The second-order valence-electron chi connectivity index (χ2n) is 3.46. The van der Waals surface area contributed by atoms with Crippen LogP contribution in [0.2, 0.25) is 0 Å². The second-order valence-corrected chi connectivity index (χ2v) is 3.46. The third kappa shape index (κ3) is 3.24. The summed E-state index contributed by atoms with van der Waals surface area (Å²) in [6.07, 6.45) is -3.32. The number of aromatic nitrogens is 1. The molecular weight excluding hydrogens is 233 g/mol. The molecule has 1 rings (SSSR count). The lowest BCUT2D eigenvalue weighted by molar-refractivity contribution is -0.141. The number of nitrogens with zero attached hydrogens (tertiary/aromatic N) is 3. The maximum atomic E-state index is 12.4. The van der Waals surface area contributed by atoms with Crippen LogP contribution in [0.3, 0.4) is 0 Å². The molecule has 17 heavy (non-hydrogen) atoms. The van der Waals surface area contributed by atoms with Crippen LogP contribution >= 0.6 is 0 Å². The first kappa shape index (κ1) is 13.1. The molecule has 1 aromatic heterocycles. The fourth-order valence-electron chi connectivity index (χ4n) is 1.28. The number of hydrogen-bond donors (Lipinski definition) is 1. The standard InChI is InChI=1S/C10H11F3N4/c1-17(4-2-3-14)8-5-9(10(11,12)13)16-6-7(8)15/h5-6H,2,4,15H2,1H3. The summed E-state index contributed by atoms with van der Waals surface area (Å²) in [6.45, 7) is 0.308. The summed E-state index contributed by atoms with van der Waals surface area (Å²) in [7, 11) is 1.57. The highest BCUT2D eigenvalue weighted by atomic mass is 19.4. The van der Waals surface area contributed by atoms with Crippen LogP contribution in [-0.4, -0.2) is 18.6 Å². The number of halogens is 3. The zero-order valence-electron chi connectivity index (χ0n) is 9.12. The largest absolute Gasteiger partial charge is 0.433 e. The van der Waals surface area contributed by atoms with Crippen LogP contribution < -0.4 is 10.6 Å². The molecule has 7 heteroatoms. The highest BCUT2D eigenvalue weighted by molar-refractivity contribution is 5.66. The Morgan fingerprint density at radius 2 is 2.18 bits per heavy atom. The van der Waals surface area contributed by atoms with Crippen molar-refractivity contribution in [2.24, 2.45) is 0 Å². The Morgan fingerprint density at radius 1 is 1.53 bits per heavy atom. The van der Waals surface area contributed by atoms with Crippen molar-refractivity contribution >= 4 is 11.4 Å². The van der Waals surface area contributed by atoms with Crippen LogP contribution in [0.5, 0.6) is 0 Å². The lowest BCUT2D eigenvalue weighted by atomic mass is 10.2. The van der Waals surface area contributed by atoms with Gasteiger partial charge >= 0.3 is 6.18 Å². The molecule has 92 valence electrons. The molecular formula is C10H11F3N4. The van der Waals surface area contributed by atoms with Crippen LogP contribution in [0.4, 0.5) is 24.5 Å². The molecule has 0 aliphatic rings. The smallest absolute Gasteiger partial charge is 0.396 e. The predicted molar refractivity (Wildman–Crippen MR) is 57.2 cm³/mol. The summed E-state index contributed by atoms with van der Waals surface area (Å²) in [6, 6.07) is 2.79. The van der Waals surface area contributed by atoms with E-state index in [1.807, 2.05) is 6.07 Å². The van der Waals surface area contributed by atoms with Gasteiger partial charge in [0.1, 0.15) is 5.69 Å². The maximum Gasteiger partial charge on any atom is 0.433 e. The average Bonchev–Trinajstić information content (AvgIpc) is 2.24. The normalized spacial score (nSPS) is 11.0. The van der Waals surface area contributed by atoms with E-state index in [4.69, 9.17) is 11.0 Å². The minimum atomic E-state index is -4.50. The van der Waals surface area contributed by atoms with Crippen molar-refractivity contribution in [2.45, 2.75) is 12.6 Å². The molecule has 1 aromatic rings. The van der Waals surface area contributed by atoms with Gasteiger partial charge in [-0.3, -0.25) is 0 Å². The maximum absolute atomic E-state index is 12.4. The number of nitrogens with two attached hydrogens (primary N) is 1. The van der Waals surface area contributed by atoms with Crippen LogP contribution in [0.15, 0.2) is 12.3 Å². The second kappa shape index (κ2) is 4.91. The highest BCUT2D eigenvalue weighted by Crippen LogP contribution is 2.32. The van der Waals surface area contributed by atoms with E-state index in [9.17, 15) is 13.2 Å². The minimum Gasteiger partial charge on any atom is -0.396 e. The van der Waals surface area contributed by atoms with E-state index in [-0.39, 0.29) is 17.8 Å². The van der Waals surface area contributed by atoms with Crippen molar-refractivity contribution in [3.05, 3.63) is 18.0 Å². The van der Waals surface area contributed by atoms with Crippen LogP contribution in [0.25, 0.3) is 0 Å². The first-order valence-electron chi connectivity index (χ1n) is 4.77. The van der Waals surface area contributed by atoms with E-state index in [0.717, 1.165) is 12.3 Å². The molecule has 0 unspecified atom stereocenters. The van der Waals surface area contributed by atoms with Crippen molar-refractivity contribution in [1.82, 2.24) is 4.98 Å². The molecule has 0 saturated heterocycles. The third-order valence-corrected chi connectivity index (χ3v) is 2.17. The Hall–Kier alpha value is -1.97. The monoisotopic (exact) mass is 244 g/mol.